The van der Waals surface area contributed by atoms with E-state index < -0.39 is 0 Å². The van der Waals surface area contributed by atoms with Gasteiger partial charge in [0.05, 0.1) is 13.7 Å². The standard InChI is InChI=1S/C22H29NO4/c1-5-9-16(3)23-22(24)17-12-13-19(26-6-2)18(14-17)15-27-21-11-8-7-10-20(21)25-4/h7-8,10-14,16H,5-6,9,15H2,1-4H3,(H,23,24)/t16-/m0/s1. The van der Waals surface area contributed by atoms with Crippen LogP contribution >= 0.6 is 0 Å². The fourth-order valence-electron chi connectivity index (χ4n) is 2.84. The highest BCUT2D eigenvalue weighted by Gasteiger charge is 2.14. The zero-order valence-corrected chi connectivity index (χ0v) is 16.6. The van der Waals surface area contributed by atoms with E-state index in [2.05, 4.69) is 12.2 Å². The van der Waals surface area contributed by atoms with Crippen molar-refractivity contribution in [1.29, 1.82) is 0 Å². The van der Waals surface area contributed by atoms with Crippen LogP contribution in [0.3, 0.4) is 0 Å². The molecule has 27 heavy (non-hydrogen) atoms. The van der Waals surface area contributed by atoms with Gasteiger partial charge in [-0.1, -0.05) is 25.5 Å². The Bertz CT molecular complexity index is 745. The number of carbonyl (C=O) groups is 1. The Morgan fingerprint density at radius 1 is 1.04 bits per heavy atom. The van der Waals surface area contributed by atoms with E-state index in [-0.39, 0.29) is 18.6 Å². The monoisotopic (exact) mass is 371 g/mol. The first-order valence-electron chi connectivity index (χ1n) is 9.41. The molecule has 1 atom stereocenters. The topological polar surface area (TPSA) is 56.8 Å². The van der Waals surface area contributed by atoms with Crippen molar-refractivity contribution >= 4 is 5.91 Å². The largest absolute Gasteiger partial charge is 0.493 e. The Balaban J connectivity index is 2.18. The van der Waals surface area contributed by atoms with Gasteiger partial charge in [-0.05, 0) is 50.6 Å². The molecule has 0 bridgehead atoms. The maximum absolute atomic E-state index is 12.5. The van der Waals surface area contributed by atoms with E-state index >= 15 is 0 Å². The van der Waals surface area contributed by atoms with E-state index in [1.165, 1.54) is 0 Å². The van der Waals surface area contributed by atoms with E-state index in [0.717, 1.165) is 18.4 Å². The average Bonchev–Trinajstić information content (AvgIpc) is 2.67. The highest BCUT2D eigenvalue weighted by molar-refractivity contribution is 5.94. The van der Waals surface area contributed by atoms with E-state index in [9.17, 15) is 4.79 Å². The van der Waals surface area contributed by atoms with Crippen LogP contribution < -0.4 is 19.5 Å². The van der Waals surface area contributed by atoms with Gasteiger partial charge in [0, 0.05) is 17.2 Å². The SMILES string of the molecule is CCC[C@H](C)NC(=O)c1ccc(OCC)c(COc2ccccc2OC)c1. The van der Waals surface area contributed by atoms with Gasteiger partial charge >= 0.3 is 0 Å². The molecule has 1 amide bonds. The third-order valence-electron chi connectivity index (χ3n) is 4.17. The molecule has 5 heteroatoms. The van der Waals surface area contributed by atoms with E-state index in [4.69, 9.17) is 14.2 Å². The summed E-state index contributed by atoms with van der Waals surface area (Å²) in [6.45, 7) is 6.87. The van der Waals surface area contributed by atoms with E-state index in [1.807, 2.05) is 50.2 Å². The maximum atomic E-state index is 12.5. The van der Waals surface area contributed by atoms with Gasteiger partial charge in [0.2, 0.25) is 0 Å². The van der Waals surface area contributed by atoms with Gasteiger partial charge in [0.15, 0.2) is 11.5 Å². The molecule has 0 aromatic heterocycles. The number of para-hydroxylation sites is 2. The molecular weight excluding hydrogens is 342 g/mol. The van der Waals surface area contributed by atoms with Crippen molar-refractivity contribution in [2.45, 2.75) is 46.3 Å². The minimum absolute atomic E-state index is 0.0856. The molecule has 2 aromatic rings. The summed E-state index contributed by atoms with van der Waals surface area (Å²) in [6.07, 6.45) is 1.98. The van der Waals surface area contributed by atoms with Gasteiger partial charge in [-0.25, -0.2) is 0 Å². The Morgan fingerprint density at radius 2 is 1.78 bits per heavy atom. The minimum atomic E-state index is -0.0856. The summed E-state index contributed by atoms with van der Waals surface area (Å²) in [7, 11) is 1.61. The molecule has 0 unspecified atom stereocenters. The first-order chi connectivity index (χ1) is 13.1. The number of carbonyl (C=O) groups excluding carboxylic acids is 1. The van der Waals surface area contributed by atoms with Gasteiger partial charge in [-0.15, -0.1) is 0 Å². The average molecular weight is 371 g/mol. The second kappa shape index (κ2) is 10.5. The van der Waals surface area contributed by atoms with Gasteiger partial charge in [0.25, 0.3) is 5.91 Å². The Morgan fingerprint density at radius 3 is 2.44 bits per heavy atom. The molecule has 0 aliphatic rings. The van der Waals surface area contributed by atoms with Crippen LogP contribution in [0.2, 0.25) is 0 Å². The van der Waals surface area contributed by atoms with Gasteiger partial charge in [-0.3, -0.25) is 4.79 Å². The van der Waals surface area contributed by atoms with Crippen molar-refractivity contribution in [3.8, 4) is 17.2 Å². The van der Waals surface area contributed by atoms with Crippen LogP contribution in [0, 0.1) is 0 Å². The van der Waals surface area contributed by atoms with Crippen LogP contribution in [0.5, 0.6) is 17.2 Å². The van der Waals surface area contributed by atoms with Crippen LogP contribution in [0.15, 0.2) is 42.5 Å². The molecule has 146 valence electrons. The van der Waals surface area contributed by atoms with Crippen LogP contribution in [-0.4, -0.2) is 25.7 Å². The summed E-state index contributed by atoms with van der Waals surface area (Å²) >= 11 is 0. The summed E-state index contributed by atoms with van der Waals surface area (Å²) in [4.78, 5) is 12.5. The summed E-state index contributed by atoms with van der Waals surface area (Å²) in [5.74, 6) is 1.94. The van der Waals surface area contributed by atoms with Crippen molar-refractivity contribution in [3.63, 3.8) is 0 Å². The van der Waals surface area contributed by atoms with Crippen molar-refractivity contribution in [1.82, 2.24) is 5.32 Å². The third-order valence-corrected chi connectivity index (χ3v) is 4.17. The lowest BCUT2D eigenvalue weighted by atomic mass is 10.1. The van der Waals surface area contributed by atoms with Crippen LogP contribution in [-0.2, 0) is 6.61 Å². The van der Waals surface area contributed by atoms with E-state index in [1.54, 1.807) is 13.2 Å². The number of hydrogen-bond donors (Lipinski definition) is 1. The molecule has 2 aromatic carbocycles. The third kappa shape index (κ3) is 5.91. The number of rotatable bonds is 10. The predicted molar refractivity (Wildman–Crippen MR) is 107 cm³/mol. The van der Waals surface area contributed by atoms with E-state index in [0.29, 0.717) is 29.4 Å². The minimum Gasteiger partial charge on any atom is -0.493 e. The van der Waals surface area contributed by atoms with Gasteiger partial charge in [-0.2, -0.15) is 0 Å². The van der Waals surface area contributed by atoms with Crippen LogP contribution in [0.4, 0.5) is 0 Å². The number of nitrogens with one attached hydrogen (secondary N) is 1. The number of methoxy groups -OCH3 is 1. The van der Waals surface area contributed by atoms with Gasteiger partial charge in [0.1, 0.15) is 12.4 Å². The molecule has 1 N–H and O–H groups in total. The number of hydrogen-bond acceptors (Lipinski definition) is 4. The highest BCUT2D eigenvalue weighted by atomic mass is 16.5. The molecule has 2 rings (SSSR count). The quantitative estimate of drug-likeness (QED) is 0.664. The zero-order chi connectivity index (χ0) is 19.6. The van der Waals surface area contributed by atoms with Crippen molar-refractivity contribution in [2.24, 2.45) is 0 Å². The molecule has 0 radical (unpaired) electrons. The van der Waals surface area contributed by atoms with Gasteiger partial charge < -0.3 is 19.5 Å². The molecule has 0 fully saturated rings. The molecular formula is C22H29NO4. The molecule has 5 nitrogen and oxygen atoms in total. The van der Waals surface area contributed by atoms with Crippen molar-refractivity contribution in [2.75, 3.05) is 13.7 Å². The number of benzene rings is 2. The first-order valence-corrected chi connectivity index (χ1v) is 9.41. The molecule has 0 spiro atoms. The summed E-state index contributed by atoms with van der Waals surface area (Å²) in [5, 5.41) is 3.03. The molecule has 0 saturated carbocycles. The summed E-state index contributed by atoms with van der Waals surface area (Å²) in [5.41, 5.74) is 1.42. The molecule has 0 heterocycles. The molecule has 0 saturated heterocycles. The van der Waals surface area contributed by atoms with Crippen LogP contribution in [0.25, 0.3) is 0 Å². The summed E-state index contributed by atoms with van der Waals surface area (Å²) in [6, 6.07) is 13.0. The lowest BCUT2D eigenvalue weighted by Crippen LogP contribution is -2.32. The predicted octanol–water partition coefficient (Wildman–Crippen LogP) is 4.59. The first kappa shape index (κ1) is 20.6. The number of ether oxygens (including phenoxy) is 3. The lowest BCUT2D eigenvalue weighted by Gasteiger charge is -2.16. The van der Waals surface area contributed by atoms with Crippen molar-refractivity contribution in [3.05, 3.63) is 53.6 Å². The highest BCUT2D eigenvalue weighted by Crippen LogP contribution is 2.28. The second-order valence-electron chi connectivity index (χ2n) is 6.36. The Hall–Kier alpha value is -2.69. The second-order valence-corrected chi connectivity index (χ2v) is 6.36. The normalized spacial score (nSPS) is 11.6. The molecule has 0 aliphatic heterocycles. The fraction of sp³-hybridized carbons (Fsp3) is 0.409. The smallest absolute Gasteiger partial charge is 0.251 e. The Labute approximate surface area is 161 Å². The zero-order valence-electron chi connectivity index (χ0n) is 16.6. The summed E-state index contributed by atoms with van der Waals surface area (Å²) < 4.78 is 16.9. The fourth-order valence-corrected chi connectivity index (χ4v) is 2.84. The molecule has 0 aliphatic carbocycles. The maximum Gasteiger partial charge on any atom is 0.251 e. The van der Waals surface area contributed by atoms with Crippen LogP contribution in [0.1, 0.15) is 49.5 Å². The Kier molecular flexibility index (Phi) is 7.99. The number of amides is 1. The lowest BCUT2D eigenvalue weighted by molar-refractivity contribution is 0.0938. The van der Waals surface area contributed by atoms with Crippen molar-refractivity contribution < 1.29 is 19.0 Å².